The number of halogens is 1. The lowest BCUT2D eigenvalue weighted by atomic mass is 10.4. The predicted octanol–water partition coefficient (Wildman–Crippen LogP) is 1.94. The minimum Gasteiger partial charge on any atom is -0.425 e. The van der Waals surface area contributed by atoms with Gasteiger partial charge in [0.1, 0.15) is 11.3 Å². The lowest BCUT2D eigenvalue weighted by molar-refractivity contribution is 0.433. The molecule has 0 bridgehead atoms. The van der Waals surface area contributed by atoms with Gasteiger partial charge in [-0.05, 0) is 0 Å². The van der Waals surface area contributed by atoms with E-state index in [1.54, 1.807) is 0 Å². The molecular weight excluding hydrogens is 227 g/mol. The molecule has 3 heterocycles. The van der Waals surface area contributed by atoms with E-state index in [-0.39, 0.29) is 11.8 Å². The number of hydrogen-bond donors (Lipinski definition) is 0. The second-order valence-electron chi connectivity index (χ2n) is 3.14. The Labute approximate surface area is 94.1 Å². The molecule has 0 amide bonds. The molecule has 0 saturated carbocycles. The molecule has 6 nitrogen and oxygen atoms in total. The van der Waals surface area contributed by atoms with Crippen LogP contribution in [0, 0.1) is 5.82 Å². The number of aromatic nitrogens is 4. The van der Waals surface area contributed by atoms with Gasteiger partial charge in [0.25, 0.3) is 5.71 Å². The van der Waals surface area contributed by atoms with Gasteiger partial charge >= 0.3 is 6.01 Å². The first-order chi connectivity index (χ1) is 8.31. The van der Waals surface area contributed by atoms with Gasteiger partial charge in [-0.1, -0.05) is 0 Å². The first-order valence-corrected chi connectivity index (χ1v) is 4.66. The Balaban J connectivity index is 1.94. The third-order valence-electron chi connectivity index (χ3n) is 1.96. The van der Waals surface area contributed by atoms with Crippen LogP contribution in [0.4, 0.5) is 4.39 Å². The Morgan fingerprint density at radius 1 is 1.18 bits per heavy atom. The number of fused-ring (bicyclic) bond motifs is 1. The molecule has 0 unspecified atom stereocenters. The van der Waals surface area contributed by atoms with Crippen LogP contribution in [0.1, 0.15) is 0 Å². The molecule has 0 fully saturated rings. The summed E-state index contributed by atoms with van der Waals surface area (Å²) in [5, 5.41) is 0. The van der Waals surface area contributed by atoms with Crippen LogP contribution in [-0.4, -0.2) is 19.9 Å². The van der Waals surface area contributed by atoms with Gasteiger partial charge in [-0.2, -0.15) is 4.98 Å². The molecule has 84 valence electrons. The quantitative estimate of drug-likeness (QED) is 0.672. The minimum atomic E-state index is -0.497. The zero-order valence-electron chi connectivity index (χ0n) is 8.37. The summed E-state index contributed by atoms with van der Waals surface area (Å²) in [4.78, 5) is 15.3. The average Bonchev–Trinajstić information content (AvgIpc) is 2.76. The van der Waals surface area contributed by atoms with E-state index in [2.05, 4.69) is 19.9 Å². The molecule has 17 heavy (non-hydrogen) atoms. The van der Waals surface area contributed by atoms with Crippen LogP contribution in [0.25, 0.3) is 11.2 Å². The average molecular weight is 232 g/mol. The van der Waals surface area contributed by atoms with Crippen LogP contribution in [-0.2, 0) is 0 Å². The van der Waals surface area contributed by atoms with Crippen molar-refractivity contribution in [2.24, 2.45) is 0 Å². The van der Waals surface area contributed by atoms with Gasteiger partial charge < -0.3 is 9.15 Å². The maximum absolute atomic E-state index is 12.9. The van der Waals surface area contributed by atoms with Crippen LogP contribution in [0.2, 0.25) is 0 Å². The first-order valence-electron chi connectivity index (χ1n) is 4.66. The number of oxazole rings is 1. The van der Waals surface area contributed by atoms with Crippen molar-refractivity contribution in [2.45, 2.75) is 0 Å². The van der Waals surface area contributed by atoms with Crippen molar-refractivity contribution in [3.63, 3.8) is 0 Å². The predicted molar refractivity (Wildman–Crippen MR) is 53.9 cm³/mol. The summed E-state index contributed by atoms with van der Waals surface area (Å²) < 4.78 is 23.1. The van der Waals surface area contributed by atoms with E-state index in [0.29, 0.717) is 11.2 Å². The molecular formula is C10H5FN4O2. The van der Waals surface area contributed by atoms with E-state index in [4.69, 9.17) is 9.15 Å². The summed E-state index contributed by atoms with van der Waals surface area (Å²) in [6.07, 6.45) is 5.14. The molecule has 0 aromatic carbocycles. The van der Waals surface area contributed by atoms with Crippen LogP contribution >= 0.6 is 0 Å². The van der Waals surface area contributed by atoms with E-state index >= 15 is 0 Å². The highest BCUT2D eigenvalue weighted by atomic mass is 19.1. The molecule has 7 heteroatoms. The van der Waals surface area contributed by atoms with Crippen LogP contribution in [0.15, 0.2) is 35.5 Å². The number of rotatable bonds is 2. The highest BCUT2D eigenvalue weighted by Crippen LogP contribution is 2.19. The molecule has 0 aliphatic heterocycles. The van der Waals surface area contributed by atoms with Crippen molar-refractivity contribution in [3.05, 3.63) is 36.9 Å². The van der Waals surface area contributed by atoms with E-state index in [1.165, 1.54) is 24.9 Å². The third kappa shape index (κ3) is 1.89. The van der Waals surface area contributed by atoms with Crippen molar-refractivity contribution in [2.75, 3.05) is 0 Å². The normalized spacial score (nSPS) is 10.6. The van der Waals surface area contributed by atoms with Crippen LogP contribution in [0.3, 0.4) is 0 Å². The minimum absolute atomic E-state index is 0.0432. The molecule has 0 N–H and O–H groups in total. The molecule has 0 spiro atoms. The Bertz CT molecular complexity index is 670. The topological polar surface area (TPSA) is 73.9 Å². The van der Waals surface area contributed by atoms with Gasteiger partial charge in [0.2, 0.25) is 0 Å². The molecule has 3 rings (SSSR count). The van der Waals surface area contributed by atoms with Gasteiger partial charge in [0.15, 0.2) is 12.1 Å². The Morgan fingerprint density at radius 2 is 2.12 bits per heavy atom. The summed E-state index contributed by atoms with van der Waals surface area (Å²) in [5.74, 6) is -0.285. The lowest BCUT2D eigenvalue weighted by Crippen LogP contribution is -1.92. The molecule has 0 saturated heterocycles. The van der Waals surface area contributed by atoms with Gasteiger partial charge in [-0.25, -0.2) is 14.4 Å². The fourth-order valence-corrected chi connectivity index (χ4v) is 1.26. The van der Waals surface area contributed by atoms with Crippen molar-refractivity contribution in [1.29, 1.82) is 0 Å². The highest BCUT2D eigenvalue weighted by molar-refractivity contribution is 5.66. The SMILES string of the molecule is Fc1cncc(Oc2ncc3ncoc3n2)c1. The smallest absolute Gasteiger partial charge is 0.325 e. The Hall–Kier alpha value is -2.57. The monoisotopic (exact) mass is 232 g/mol. The number of hydrogen-bond acceptors (Lipinski definition) is 6. The molecule has 0 aliphatic rings. The zero-order valence-corrected chi connectivity index (χ0v) is 8.37. The number of pyridine rings is 1. The van der Waals surface area contributed by atoms with Crippen molar-refractivity contribution >= 4 is 11.2 Å². The van der Waals surface area contributed by atoms with Gasteiger partial charge in [-0.3, -0.25) is 4.98 Å². The van der Waals surface area contributed by atoms with E-state index in [1.807, 2.05) is 0 Å². The van der Waals surface area contributed by atoms with Crippen LogP contribution in [0.5, 0.6) is 11.8 Å². The summed E-state index contributed by atoms with van der Waals surface area (Å²) >= 11 is 0. The van der Waals surface area contributed by atoms with Crippen molar-refractivity contribution in [3.8, 4) is 11.8 Å². The summed E-state index contributed by atoms with van der Waals surface area (Å²) in [5.41, 5.74) is 0.828. The highest BCUT2D eigenvalue weighted by Gasteiger charge is 2.06. The first kappa shape index (κ1) is 9.64. The molecule has 3 aromatic heterocycles. The molecule has 0 radical (unpaired) electrons. The van der Waals surface area contributed by atoms with Crippen molar-refractivity contribution < 1.29 is 13.5 Å². The van der Waals surface area contributed by atoms with Gasteiger partial charge in [0.05, 0.1) is 18.6 Å². The fourth-order valence-electron chi connectivity index (χ4n) is 1.26. The lowest BCUT2D eigenvalue weighted by Gasteiger charge is -2.01. The summed E-state index contributed by atoms with van der Waals surface area (Å²) in [7, 11) is 0. The number of nitrogens with zero attached hydrogens (tertiary/aromatic N) is 4. The van der Waals surface area contributed by atoms with Crippen molar-refractivity contribution in [1.82, 2.24) is 19.9 Å². The largest absolute Gasteiger partial charge is 0.425 e. The van der Waals surface area contributed by atoms with Gasteiger partial charge in [-0.15, -0.1) is 0 Å². The van der Waals surface area contributed by atoms with Crippen LogP contribution < -0.4 is 4.74 Å². The van der Waals surface area contributed by atoms with Gasteiger partial charge in [0, 0.05) is 6.07 Å². The summed E-state index contributed by atoms with van der Waals surface area (Å²) in [6, 6.07) is 1.22. The fraction of sp³-hybridized carbons (Fsp3) is 0. The third-order valence-corrected chi connectivity index (χ3v) is 1.96. The second kappa shape index (κ2) is 3.78. The molecule has 3 aromatic rings. The Kier molecular flexibility index (Phi) is 2.14. The zero-order chi connectivity index (χ0) is 11.7. The maximum Gasteiger partial charge on any atom is 0.325 e. The Morgan fingerprint density at radius 3 is 3.00 bits per heavy atom. The van der Waals surface area contributed by atoms with E-state index in [0.717, 1.165) is 6.20 Å². The molecule has 0 atom stereocenters. The van der Waals surface area contributed by atoms with E-state index < -0.39 is 5.82 Å². The second-order valence-corrected chi connectivity index (χ2v) is 3.14. The van der Waals surface area contributed by atoms with E-state index in [9.17, 15) is 4.39 Å². The molecule has 0 aliphatic carbocycles. The standard InChI is InChI=1S/C10H5FN4O2/c11-6-1-7(3-12-2-6)17-10-13-4-8-9(15-10)16-5-14-8/h1-5H. The maximum atomic E-state index is 12.9. The number of ether oxygens (including phenoxy) is 1. The summed E-state index contributed by atoms with van der Waals surface area (Å²) in [6.45, 7) is 0.